The molecule has 0 amide bonds. The first-order valence-electron chi connectivity index (χ1n) is 5.48. The van der Waals surface area contributed by atoms with Gasteiger partial charge >= 0.3 is 0 Å². The molecule has 3 heteroatoms. The second-order valence-corrected chi connectivity index (χ2v) is 4.17. The van der Waals surface area contributed by atoms with E-state index in [1.807, 2.05) is 0 Å². The Bertz CT molecular complexity index is 209. The Hall–Kier alpha value is -0.380. The summed E-state index contributed by atoms with van der Waals surface area (Å²) in [6.07, 6.45) is 8.52. The van der Waals surface area contributed by atoms with Gasteiger partial charge in [-0.15, -0.1) is 0 Å². The largest absolute Gasteiger partial charge is 0.347 e. The highest BCUT2D eigenvalue weighted by Crippen LogP contribution is 2.33. The van der Waals surface area contributed by atoms with E-state index in [9.17, 15) is 0 Å². The molecule has 0 radical (unpaired) electrons. The predicted molar refractivity (Wildman–Crippen MR) is 54.8 cm³/mol. The molecule has 80 valence electrons. The SMILES string of the molecule is NCC1CC/C=C\CC2(C1)OCCO2. The van der Waals surface area contributed by atoms with Gasteiger partial charge in [0.05, 0.1) is 13.2 Å². The predicted octanol–water partition coefficient (Wildman–Crippen LogP) is 1.43. The first-order chi connectivity index (χ1) is 6.85. The Kier molecular flexibility index (Phi) is 3.21. The van der Waals surface area contributed by atoms with Gasteiger partial charge in [-0.05, 0) is 25.3 Å². The van der Waals surface area contributed by atoms with Crippen LogP contribution in [0.25, 0.3) is 0 Å². The maximum Gasteiger partial charge on any atom is 0.172 e. The number of nitrogens with two attached hydrogens (primary N) is 1. The molecule has 0 aromatic rings. The Labute approximate surface area is 85.3 Å². The molecule has 1 fully saturated rings. The third-order valence-corrected chi connectivity index (χ3v) is 3.08. The highest BCUT2D eigenvalue weighted by Gasteiger charge is 2.37. The van der Waals surface area contributed by atoms with Crippen molar-refractivity contribution >= 4 is 0 Å². The van der Waals surface area contributed by atoms with Crippen LogP contribution in [0.3, 0.4) is 0 Å². The fourth-order valence-corrected chi connectivity index (χ4v) is 2.27. The molecule has 1 unspecified atom stereocenters. The van der Waals surface area contributed by atoms with Crippen LogP contribution >= 0.6 is 0 Å². The van der Waals surface area contributed by atoms with E-state index >= 15 is 0 Å². The molecule has 0 saturated carbocycles. The van der Waals surface area contributed by atoms with Crippen LogP contribution in [0, 0.1) is 5.92 Å². The summed E-state index contributed by atoms with van der Waals surface area (Å²) in [6, 6.07) is 0. The first kappa shape index (κ1) is 10.1. The van der Waals surface area contributed by atoms with Crippen LogP contribution in [0.15, 0.2) is 12.2 Å². The van der Waals surface area contributed by atoms with E-state index in [0.717, 1.165) is 45.4 Å². The monoisotopic (exact) mass is 197 g/mol. The summed E-state index contributed by atoms with van der Waals surface area (Å²) in [5, 5.41) is 0. The van der Waals surface area contributed by atoms with E-state index in [1.54, 1.807) is 0 Å². The summed E-state index contributed by atoms with van der Waals surface area (Å²) >= 11 is 0. The molecule has 1 spiro atoms. The molecule has 1 saturated heterocycles. The van der Waals surface area contributed by atoms with Gasteiger partial charge in [0.15, 0.2) is 5.79 Å². The maximum atomic E-state index is 5.74. The lowest BCUT2D eigenvalue weighted by atomic mass is 9.90. The van der Waals surface area contributed by atoms with Crippen molar-refractivity contribution in [2.45, 2.75) is 31.5 Å². The summed E-state index contributed by atoms with van der Waals surface area (Å²) in [6.45, 7) is 2.19. The number of hydrogen-bond acceptors (Lipinski definition) is 3. The summed E-state index contributed by atoms with van der Waals surface area (Å²) < 4.78 is 11.4. The molecule has 14 heavy (non-hydrogen) atoms. The van der Waals surface area contributed by atoms with Crippen molar-refractivity contribution in [1.29, 1.82) is 0 Å². The van der Waals surface area contributed by atoms with E-state index < -0.39 is 0 Å². The van der Waals surface area contributed by atoms with Gasteiger partial charge in [0.1, 0.15) is 0 Å². The lowest BCUT2D eigenvalue weighted by molar-refractivity contribution is -0.167. The highest BCUT2D eigenvalue weighted by atomic mass is 16.7. The van der Waals surface area contributed by atoms with E-state index in [2.05, 4.69) is 12.2 Å². The van der Waals surface area contributed by atoms with Gasteiger partial charge in [-0.3, -0.25) is 0 Å². The average Bonchev–Trinajstić information content (AvgIpc) is 2.61. The zero-order valence-electron chi connectivity index (χ0n) is 8.58. The van der Waals surface area contributed by atoms with E-state index in [1.165, 1.54) is 0 Å². The minimum Gasteiger partial charge on any atom is -0.347 e. The van der Waals surface area contributed by atoms with Crippen LogP contribution in [0.5, 0.6) is 0 Å². The van der Waals surface area contributed by atoms with Gasteiger partial charge in [-0.2, -0.15) is 0 Å². The Morgan fingerprint density at radius 3 is 2.79 bits per heavy atom. The fourth-order valence-electron chi connectivity index (χ4n) is 2.27. The van der Waals surface area contributed by atoms with Gasteiger partial charge in [-0.25, -0.2) is 0 Å². The van der Waals surface area contributed by atoms with Crippen LogP contribution in [0.1, 0.15) is 25.7 Å². The third-order valence-electron chi connectivity index (χ3n) is 3.08. The molecule has 2 aliphatic rings. The molecule has 2 N–H and O–H groups in total. The zero-order chi connectivity index (χ0) is 9.86. The van der Waals surface area contributed by atoms with Crippen molar-refractivity contribution in [3.63, 3.8) is 0 Å². The van der Waals surface area contributed by atoms with Crippen molar-refractivity contribution in [3.8, 4) is 0 Å². The molecule has 0 aromatic heterocycles. The minimum absolute atomic E-state index is 0.346. The highest BCUT2D eigenvalue weighted by molar-refractivity contribution is 4.94. The van der Waals surface area contributed by atoms with E-state index in [-0.39, 0.29) is 5.79 Å². The van der Waals surface area contributed by atoms with Crippen molar-refractivity contribution < 1.29 is 9.47 Å². The molecular weight excluding hydrogens is 178 g/mol. The molecule has 3 nitrogen and oxygen atoms in total. The minimum atomic E-state index is -0.346. The number of ether oxygens (including phenoxy) is 2. The molecule has 2 rings (SSSR count). The van der Waals surface area contributed by atoms with Crippen molar-refractivity contribution in [2.75, 3.05) is 19.8 Å². The molecule has 1 aliphatic carbocycles. The van der Waals surface area contributed by atoms with Gasteiger partial charge < -0.3 is 15.2 Å². The molecule has 0 aromatic carbocycles. The first-order valence-corrected chi connectivity index (χ1v) is 5.48. The molecular formula is C11H19NO2. The summed E-state index contributed by atoms with van der Waals surface area (Å²) in [5.41, 5.74) is 5.74. The van der Waals surface area contributed by atoms with Crippen molar-refractivity contribution in [3.05, 3.63) is 12.2 Å². The third kappa shape index (κ3) is 2.16. The second-order valence-electron chi connectivity index (χ2n) is 4.17. The standard InChI is InChI=1S/C11H19NO2/c12-9-10-4-2-1-3-5-11(8-10)13-6-7-14-11/h1,3,10H,2,4-9,12H2/b3-1-. The summed E-state index contributed by atoms with van der Waals surface area (Å²) in [4.78, 5) is 0. The fraction of sp³-hybridized carbons (Fsp3) is 0.818. The Morgan fingerprint density at radius 2 is 2.07 bits per heavy atom. The van der Waals surface area contributed by atoms with E-state index in [4.69, 9.17) is 15.2 Å². The molecule has 0 bridgehead atoms. The van der Waals surface area contributed by atoms with Crippen LogP contribution in [-0.4, -0.2) is 25.5 Å². The molecule has 1 aliphatic heterocycles. The van der Waals surface area contributed by atoms with Gasteiger partial charge in [0.25, 0.3) is 0 Å². The summed E-state index contributed by atoms with van der Waals surface area (Å²) in [5.74, 6) is 0.194. The van der Waals surface area contributed by atoms with Gasteiger partial charge in [0, 0.05) is 12.8 Å². The van der Waals surface area contributed by atoms with Crippen molar-refractivity contribution in [1.82, 2.24) is 0 Å². The lowest BCUT2D eigenvalue weighted by Gasteiger charge is -2.31. The Balaban J connectivity index is 2.06. The van der Waals surface area contributed by atoms with Gasteiger partial charge in [-0.1, -0.05) is 12.2 Å². The summed E-state index contributed by atoms with van der Waals surface area (Å²) in [7, 11) is 0. The van der Waals surface area contributed by atoms with Crippen LogP contribution < -0.4 is 5.73 Å². The van der Waals surface area contributed by atoms with Crippen molar-refractivity contribution in [2.24, 2.45) is 11.7 Å². The normalized spacial score (nSPS) is 33.9. The lowest BCUT2D eigenvalue weighted by Crippen LogP contribution is -2.35. The molecule has 1 heterocycles. The van der Waals surface area contributed by atoms with Gasteiger partial charge in [0.2, 0.25) is 0 Å². The van der Waals surface area contributed by atoms with E-state index in [0.29, 0.717) is 5.92 Å². The topological polar surface area (TPSA) is 44.5 Å². The second kappa shape index (κ2) is 4.43. The Morgan fingerprint density at radius 1 is 1.29 bits per heavy atom. The smallest absolute Gasteiger partial charge is 0.172 e. The number of allylic oxidation sites excluding steroid dienone is 1. The maximum absolute atomic E-state index is 5.74. The quantitative estimate of drug-likeness (QED) is 0.647. The number of rotatable bonds is 1. The van der Waals surface area contributed by atoms with Crippen LogP contribution in [-0.2, 0) is 9.47 Å². The average molecular weight is 197 g/mol. The number of hydrogen-bond donors (Lipinski definition) is 1. The van der Waals surface area contributed by atoms with Crippen LogP contribution in [0.4, 0.5) is 0 Å². The molecule has 1 atom stereocenters. The zero-order valence-corrected chi connectivity index (χ0v) is 8.58. The van der Waals surface area contributed by atoms with Crippen LogP contribution in [0.2, 0.25) is 0 Å².